The third-order valence-corrected chi connectivity index (χ3v) is 5.46. The Labute approximate surface area is 198 Å². The maximum absolute atomic E-state index is 13.2. The van der Waals surface area contributed by atoms with Crippen LogP contribution in [0.4, 0.5) is 11.5 Å². The van der Waals surface area contributed by atoms with Gasteiger partial charge in [0.05, 0.1) is 6.20 Å². The molecule has 182 valence electrons. The molecule has 3 N–H and O–H groups in total. The van der Waals surface area contributed by atoms with E-state index in [-0.39, 0.29) is 29.8 Å². The van der Waals surface area contributed by atoms with Gasteiger partial charge in [0.15, 0.2) is 17.3 Å². The number of hydrogen-bond donors (Lipinski definition) is 2. The van der Waals surface area contributed by atoms with Crippen molar-refractivity contribution in [1.82, 2.24) is 14.5 Å². The van der Waals surface area contributed by atoms with Crippen molar-refractivity contribution in [2.24, 2.45) is 5.92 Å². The van der Waals surface area contributed by atoms with Crippen molar-refractivity contribution >= 4 is 17.4 Å². The zero-order chi connectivity index (χ0) is 24.7. The first-order valence-electron chi connectivity index (χ1n) is 11.7. The summed E-state index contributed by atoms with van der Waals surface area (Å²) >= 11 is 0. The van der Waals surface area contributed by atoms with Gasteiger partial charge in [-0.25, -0.2) is 9.78 Å². The van der Waals surface area contributed by atoms with Gasteiger partial charge in [0.2, 0.25) is 5.91 Å². The fourth-order valence-electron chi connectivity index (χ4n) is 3.75. The number of nitrogen functional groups attached to an aromatic ring is 1. The van der Waals surface area contributed by atoms with Gasteiger partial charge in [0, 0.05) is 31.5 Å². The summed E-state index contributed by atoms with van der Waals surface area (Å²) in [7, 11) is 0. The van der Waals surface area contributed by atoms with E-state index in [2.05, 4.69) is 9.97 Å². The predicted octanol–water partition coefficient (Wildman–Crippen LogP) is 3.59. The zero-order valence-corrected chi connectivity index (χ0v) is 20.0. The number of nitrogens with zero attached hydrogens (tertiary/aromatic N) is 3. The number of anilines is 2. The fourth-order valence-corrected chi connectivity index (χ4v) is 3.75. The average Bonchev–Trinajstić information content (AvgIpc) is 3.27. The number of H-pyrrole nitrogens is 1. The van der Waals surface area contributed by atoms with Gasteiger partial charge in [0.25, 0.3) is 5.56 Å². The lowest BCUT2D eigenvalue weighted by Crippen LogP contribution is -2.42. The highest BCUT2D eigenvalue weighted by molar-refractivity contribution is 5.95. The lowest BCUT2D eigenvalue weighted by Gasteiger charge is -2.26. The first kappa shape index (κ1) is 25.0. The Kier molecular flexibility index (Phi) is 8.45. The lowest BCUT2D eigenvalue weighted by molar-refractivity contribution is -0.118. The van der Waals surface area contributed by atoms with E-state index < -0.39 is 11.2 Å². The first-order valence-corrected chi connectivity index (χ1v) is 11.7. The van der Waals surface area contributed by atoms with Crippen LogP contribution < -0.4 is 21.9 Å². The third-order valence-electron chi connectivity index (χ3n) is 5.46. The summed E-state index contributed by atoms with van der Waals surface area (Å²) in [4.78, 5) is 46.2. The molecule has 0 unspecified atom stereocenters. The number of nitrogens with one attached hydrogen (secondary N) is 1. The van der Waals surface area contributed by atoms with Crippen LogP contribution in [0.2, 0.25) is 0 Å². The number of hydrogen-bond acceptors (Lipinski definition) is 6. The van der Waals surface area contributed by atoms with Gasteiger partial charge in [-0.3, -0.25) is 19.1 Å². The molecule has 0 atom stereocenters. The van der Waals surface area contributed by atoms with Crippen LogP contribution in [0.5, 0.6) is 0 Å². The Bertz CT molecular complexity index is 1210. The molecular weight excluding hydrogens is 434 g/mol. The third kappa shape index (κ3) is 6.03. The molecule has 0 fully saturated rings. The van der Waals surface area contributed by atoms with Crippen molar-refractivity contribution in [2.75, 3.05) is 17.2 Å². The molecule has 2 heterocycles. The topological polar surface area (TPSA) is 127 Å². The summed E-state index contributed by atoms with van der Waals surface area (Å²) in [5.74, 6) is 1.11. The molecule has 2 aromatic heterocycles. The van der Waals surface area contributed by atoms with E-state index in [1.54, 1.807) is 6.20 Å². The number of carbonyl (C=O) groups is 1. The van der Waals surface area contributed by atoms with Crippen molar-refractivity contribution in [1.29, 1.82) is 0 Å². The largest absolute Gasteiger partial charge is 0.441 e. The number of aromatic nitrogens is 3. The number of carbonyl (C=O) groups excluding carboxylic acids is 1. The predicted molar refractivity (Wildman–Crippen MR) is 133 cm³/mol. The van der Waals surface area contributed by atoms with Gasteiger partial charge in [-0.15, -0.1) is 0 Å². The van der Waals surface area contributed by atoms with Gasteiger partial charge in [-0.05, 0) is 18.8 Å². The molecule has 9 heteroatoms. The molecule has 0 aliphatic carbocycles. The Balaban J connectivity index is 1.75. The second-order valence-corrected chi connectivity index (χ2v) is 8.73. The SMILES string of the molecule is CCCCn1c(N)c(N(CC(C)C)C(=O)CCCc2ncc(-c3ccccc3)o2)c(=O)[nH]c1=O. The van der Waals surface area contributed by atoms with Crippen molar-refractivity contribution in [3.63, 3.8) is 0 Å². The molecule has 0 aliphatic heterocycles. The molecule has 9 nitrogen and oxygen atoms in total. The summed E-state index contributed by atoms with van der Waals surface area (Å²) in [5.41, 5.74) is 6.01. The number of benzene rings is 1. The number of oxazole rings is 1. The van der Waals surface area contributed by atoms with Crippen molar-refractivity contribution in [3.8, 4) is 11.3 Å². The van der Waals surface area contributed by atoms with E-state index >= 15 is 0 Å². The molecule has 0 bridgehead atoms. The number of amides is 1. The molecular formula is C25H33N5O4. The minimum Gasteiger partial charge on any atom is -0.441 e. The number of unbranched alkanes of at least 4 members (excludes halogenated alkanes) is 1. The highest BCUT2D eigenvalue weighted by atomic mass is 16.4. The van der Waals surface area contributed by atoms with E-state index in [1.165, 1.54) is 9.47 Å². The summed E-state index contributed by atoms with van der Waals surface area (Å²) in [5, 5.41) is 0. The molecule has 0 saturated heterocycles. The number of aromatic amines is 1. The van der Waals surface area contributed by atoms with Crippen LogP contribution in [0.15, 0.2) is 50.5 Å². The van der Waals surface area contributed by atoms with Crippen LogP contribution >= 0.6 is 0 Å². The number of aryl methyl sites for hydroxylation is 1. The van der Waals surface area contributed by atoms with Crippen LogP contribution in [0, 0.1) is 5.92 Å². The van der Waals surface area contributed by atoms with E-state index in [0.29, 0.717) is 37.6 Å². The summed E-state index contributed by atoms with van der Waals surface area (Å²) in [6.07, 6.45) is 4.43. The van der Waals surface area contributed by atoms with Crippen LogP contribution in [-0.4, -0.2) is 27.0 Å². The Hall–Kier alpha value is -3.62. The Morgan fingerprint density at radius 2 is 1.94 bits per heavy atom. The second-order valence-electron chi connectivity index (χ2n) is 8.73. The highest BCUT2D eigenvalue weighted by Crippen LogP contribution is 2.22. The molecule has 1 amide bonds. The molecule has 1 aromatic carbocycles. The molecule has 0 radical (unpaired) electrons. The van der Waals surface area contributed by atoms with Gasteiger partial charge < -0.3 is 15.1 Å². The normalized spacial score (nSPS) is 11.2. The van der Waals surface area contributed by atoms with Gasteiger partial charge >= 0.3 is 5.69 Å². The summed E-state index contributed by atoms with van der Waals surface area (Å²) in [6, 6.07) is 9.68. The number of rotatable bonds is 11. The molecule has 0 aliphatic rings. The molecule has 3 rings (SSSR count). The van der Waals surface area contributed by atoms with Gasteiger partial charge in [-0.2, -0.15) is 0 Å². The minimum atomic E-state index is -0.649. The quantitative estimate of drug-likeness (QED) is 0.444. The molecule has 0 saturated carbocycles. The van der Waals surface area contributed by atoms with Gasteiger partial charge in [-0.1, -0.05) is 57.5 Å². The Morgan fingerprint density at radius 3 is 2.62 bits per heavy atom. The summed E-state index contributed by atoms with van der Waals surface area (Å²) < 4.78 is 7.15. The van der Waals surface area contributed by atoms with E-state index in [0.717, 1.165) is 18.4 Å². The smallest absolute Gasteiger partial charge is 0.330 e. The van der Waals surface area contributed by atoms with Crippen molar-refractivity contribution in [3.05, 3.63) is 63.3 Å². The van der Waals surface area contributed by atoms with Crippen LogP contribution in [-0.2, 0) is 17.8 Å². The fraction of sp³-hybridized carbons (Fsp3) is 0.440. The van der Waals surface area contributed by atoms with E-state index in [9.17, 15) is 14.4 Å². The lowest BCUT2D eigenvalue weighted by atomic mass is 10.1. The van der Waals surface area contributed by atoms with E-state index in [1.807, 2.05) is 51.1 Å². The van der Waals surface area contributed by atoms with Crippen LogP contribution in [0.25, 0.3) is 11.3 Å². The first-order chi connectivity index (χ1) is 16.3. The minimum absolute atomic E-state index is 0.0244. The maximum Gasteiger partial charge on any atom is 0.330 e. The Morgan fingerprint density at radius 1 is 1.21 bits per heavy atom. The number of nitrogens with two attached hydrogens (primary N) is 1. The highest BCUT2D eigenvalue weighted by Gasteiger charge is 2.24. The van der Waals surface area contributed by atoms with E-state index in [4.69, 9.17) is 10.2 Å². The monoisotopic (exact) mass is 467 g/mol. The molecule has 34 heavy (non-hydrogen) atoms. The average molecular weight is 468 g/mol. The standard InChI is InChI=1S/C25H33N5O4/c1-4-5-14-29-23(26)22(24(32)28-25(29)33)30(16-17(2)3)21(31)13-9-12-20-27-15-19(34-20)18-10-7-6-8-11-18/h6-8,10-11,15,17H,4-5,9,12-14,16,26H2,1-3H3,(H,28,32,33). The maximum atomic E-state index is 13.2. The second kappa shape index (κ2) is 11.5. The molecule has 3 aromatic rings. The molecule has 0 spiro atoms. The van der Waals surface area contributed by atoms with Crippen molar-refractivity contribution < 1.29 is 9.21 Å². The van der Waals surface area contributed by atoms with Gasteiger partial charge in [0.1, 0.15) is 5.82 Å². The van der Waals surface area contributed by atoms with Crippen molar-refractivity contribution in [2.45, 2.75) is 59.4 Å². The van der Waals surface area contributed by atoms with Crippen LogP contribution in [0.1, 0.15) is 52.3 Å². The summed E-state index contributed by atoms with van der Waals surface area (Å²) in [6.45, 7) is 6.60. The zero-order valence-electron chi connectivity index (χ0n) is 20.0. The van der Waals surface area contributed by atoms with Crippen LogP contribution in [0.3, 0.4) is 0 Å².